The van der Waals surface area contributed by atoms with Crippen LogP contribution in [0.5, 0.6) is 0 Å². The maximum atomic E-state index is 11.2. The molecule has 0 aromatic heterocycles. The van der Waals surface area contributed by atoms with Gasteiger partial charge in [0.05, 0.1) is 0 Å². The molecule has 0 aliphatic heterocycles. The van der Waals surface area contributed by atoms with Gasteiger partial charge in [0.1, 0.15) is 11.6 Å². The molecule has 2 nitrogen and oxygen atoms in total. The normalized spacial score (nSPS) is 8.92. The number of hydrogen-bond acceptors (Lipinski definition) is 2. The van der Waals surface area contributed by atoms with Gasteiger partial charge >= 0.3 is 0 Å². The Morgan fingerprint density at radius 2 is 1.31 bits per heavy atom. The smallest absolute Gasteiger partial charge is 0.138 e. The van der Waals surface area contributed by atoms with E-state index in [1.807, 2.05) is 0 Å². The predicted molar refractivity (Wildman–Crippen MR) is 48.5 cm³/mol. The minimum absolute atomic E-state index is 0. The van der Waals surface area contributed by atoms with Crippen LogP contribution < -0.4 is 0 Å². The zero-order valence-electron chi connectivity index (χ0n) is 7.83. The maximum absolute atomic E-state index is 11.2. The van der Waals surface area contributed by atoms with E-state index in [2.05, 4.69) is 20.1 Å². The molecule has 3 heteroatoms. The summed E-state index contributed by atoms with van der Waals surface area (Å²) < 4.78 is 0. The first-order valence-corrected chi connectivity index (χ1v) is 3.60. The fraction of sp³-hybridized carbons (Fsp3) is 0.300. The molecule has 0 N–H and O–H groups in total. The minimum atomic E-state index is -0.875. The van der Waals surface area contributed by atoms with Crippen LogP contribution in [-0.2, 0) is 30.7 Å². The van der Waals surface area contributed by atoms with E-state index >= 15 is 0 Å². The molecule has 0 aliphatic rings. The molecule has 0 saturated carbocycles. The van der Waals surface area contributed by atoms with Gasteiger partial charge in [-0.25, -0.2) is 0 Å². The van der Waals surface area contributed by atoms with Gasteiger partial charge in [0.15, 0.2) is 0 Å². The van der Waals surface area contributed by atoms with Crippen molar-refractivity contribution in [1.82, 2.24) is 0 Å². The summed E-state index contributed by atoms with van der Waals surface area (Å²) in [6, 6.07) is 0. The van der Waals surface area contributed by atoms with Crippen LogP contribution in [0.2, 0.25) is 0 Å². The number of allylic oxidation sites excluding steroid dienone is 2. The number of carbonyl (C=O) groups excluding carboxylic acids is 2. The summed E-state index contributed by atoms with van der Waals surface area (Å²) in [6.07, 6.45) is 0. The van der Waals surface area contributed by atoms with Gasteiger partial charge in [0.2, 0.25) is 0 Å². The molecule has 0 spiro atoms. The number of hydrogen-bond donors (Lipinski definition) is 0. The van der Waals surface area contributed by atoms with Gasteiger partial charge in [-0.05, 0) is 30.9 Å². The van der Waals surface area contributed by atoms with Gasteiger partial charge in [-0.1, -0.05) is 13.2 Å². The van der Waals surface area contributed by atoms with Crippen LogP contribution in [0.25, 0.3) is 0 Å². The average molecular weight is 360 g/mol. The van der Waals surface area contributed by atoms with E-state index in [0.29, 0.717) is 11.1 Å². The van der Waals surface area contributed by atoms with Crippen molar-refractivity contribution in [3.05, 3.63) is 31.2 Å². The van der Waals surface area contributed by atoms with Crippen molar-refractivity contribution in [3.63, 3.8) is 0 Å². The van der Waals surface area contributed by atoms with Crippen LogP contribution in [0.15, 0.2) is 24.3 Å². The third kappa shape index (κ3) is 4.33. The Balaban J connectivity index is 0. The molecule has 0 atom stereocenters. The average Bonchev–Trinajstić information content (AvgIpc) is 2.00. The van der Waals surface area contributed by atoms with E-state index in [1.54, 1.807) is 13.8 Å². The van der Waals surface area contributed by atoms with Crippen molar-refractivity contribution < 1.29 is 30.7 Å². The Bertz CT molecular complexity index is 228. The van der Waals surface area contributed by atoms with E-state index in [9.17, 15) is 9.59 Å². The van der Waals surface area contributed by atoms with Crippen molar-refractivity contribution in [2.45, 2.75) is 13.8 Å². The molecular weight excluding hydrogens is 347 g/mol. The van der Waals surface area contributed by atoms with Crippen LogP contribution in [0.3, 0.4) is 0 Å². The van der Waals surface area contributed by atoms with E-state index in [1.165, 1.54) is 0 Å². The van der Waals surface area contributed by atoms with Crippen LogP contribution in [0.4, 0.5) is 0 Å². The molecular formula is C10H13O2Pt-. The fourth-order valence-corrected chi connectivity index (χ4v) is 0.714. The van der Waals surface area contributed by atoms with E-state index in [4.69, 9.17) is 0 Å². The second kappa shape index (κ2) is 6.04. The quantitative estimate of drug-likeness (QED) is 0.435. The van der Waals surface area contributed by atoms with Gasteiger partial charge in [-0.15, -0.1) is 0 Å². The van der Waals surface area contributed by atoms with Gasteiger partial charge in [0.25, 0.3) is 0 Å². The first-order chi connectivity index (χ1) is 5.37. The van der Waals surface area contributed by atoms with Gasteiger partial charge in [0, 0.05) is 21.1 Å². The first-order valence-electron chi connectivity index (χ1n) is 3.60. The molecule has 0 aromatic carbocycles. The summed E-state index contributed by atoms with van der Waals surface area (Å²) in [5.41, 5.74) is 0.703. The third-order valence-corrected chi connectivity index (χ3v) is 1.47. The predicted octanol–water partition coefficient (Wildman–Crippen LogP) is 1.72. The van der Waals surface area contributed by atoms with Crippen LogP contribution in [0.1, 0.15) is 13.8 Å². The topological polar surface area (TPSA) is 34.1 Å². The molecule has 0 unspecified atom stereocenters. The van der Waals surface area contributed by atoms with Crippen molar-refractivity contribution in [2.75, 3.05) is 0 Å². The van der Waals surface area contributed by atoms with E-state index in [0.717, 1.165) is 0 Å². The Hall–Kier alpha value is -0.492. The fourth-order valence-electron chi connectivity index (χ4n) is 0.714. The maximum Gasteiger partial charge on any atom is 0.138 e. The minimum Gasteiger partial charge on any atom is -0.325 e. The summed E-state index contributed by atoms with van der Waals surface area (Å²) in [5.74, 6) is -1.51. The molecule has 0 aliphatic carbocycles. The summed E-state index contributed by atoms with van der Waals surface area (Å²) >= 11 is 0. The monoisotopic (exact) mass is 360 g/mol. The molecule has 0 saturated heterocycles. The van der Waals surface area contributed by atoms with Crippen molar-refractivity contribution in [1.29, 1.82) is 0 Å². The Morgan fingerprint density at radius 1 is 1.08 bits per heavy atom. The molecule has 76 valence electrons. The molecule has 0 fully saturated rings. The molecule has 0 rings (SSSR count). The SMILES string of the molecule is C=C(C)C(=O)C([CH2-])C(=O)C(=C)C.[Pt]. The van der Waals surface area contributed by atoms with E-state index < -0.39 is 5.92 Å². The first kappa shape index (κ1) is 15.0. The van der Waals surface area contributed by atoms with Crippen LogP contribution >= 0.6 is 0 Å². The Morgan fingerprint density at radius 3 is 1.46 bits per heavy atom. The molecule has 0 radical (unpaired) electrons. The Kier molecular flexibility index (Phi) is 6.97. The van der Waals surface area contributed by atoms with Crippen molar-refractivity contribution in [2.24, 2.45) is 5.92 Å². The number of Topliss-reactive ketones (excluding diaryl/α,β-unsaturated/α-hetero) is 2. The van der Waals surface area contributed by atoms with E-state index in [-0.39, 0.29) is 32.6 Å². The molecule has 13 heavy (non-hydrogen) atoms. The zero-order chi connectivity index (χ0) is 9.89. The standard InChI is InChI=1S/C10H13O2.Pt/c1-6(2)9(11)8(5)10(12)7(3)4;/h8H,1,3,5H2,2,4H3;/q-1;. The van der Waals surface area contributed by atoms with Gasteiger partial charge in [-0.2, -0.15) is 0 Å². The van der Waals surface area contributed by atoms with Crippen LogP contribution in [-0.4, -0.2) is 11.6 Å². The summed E-state index contributed by atoms with van der Waals surface area (Å²) in [6.45, 7) is 13.5. The summed E-state index contributed by atoms with van der Waals surface area (Å²) in [7, 11) is 0. The number of ketones is 2. The second-order valence-corrected chi connectivity index (χ2v) is 2.84. The van der Waals surface area contributed by atoms with Gasteiger partial charge in [-0.3, -0.25) is 9.59 Å². The van der Waals surface area contributed by atoms with Crippen molar-refractivity contribution >= 4 is 11.6 Å². The molecule has 0 heterocycles. The number of carbonyl (C=O) groups is 2. The van der Waals surface area contributed by atoms with Crippen molar-refractivity contribution in [3.8, 4) is 0 Å². The summed E-state index contributed by atoms with van der Waals surface area (Å²) in [5, 5.41) is 0. The second-order valence-electron chi connectivity index (χ2n) is 2.84. The number of rotatable bonds is 4. The zero-order valence-corrected chi connectivity index (χ0v) is 10.1. The van der Waals surface area contributed by atoms with Crippen LogP contribution in [0, 0.1) is 12.8 Å². The Labute approximate surface area is 93.4 Å². The third-order valence-electron chi connectivity index (χ3n) is 1.47. The molecule has 0 aromatic rings. The molecule has 0 amide bonds. The molecule has 0 bridgehead atoms. The van der Waals surface area contributed by atoms with Gasteiger partial charge < -0.3 is 6.92 Å². The largest absolute Gasteiger partial charge is 0.325 e. The summed E-state index contributed by atoms with van der Waals surface area (Å²) in [4.78, 5) is 22.3.